The van der Waals surface area contributed by atoms with Crippen LogP contribution in [0.5, 0.6) is 5.75 Å². The number of phenols is 1. The fourth-order valence-electron chi connectivity index (χ4n) is 4.98. The second-order valence-electron chi connectivity index (χ2n) is 12.1. The van der Waals surface area contributed by atoms with Crippen molar-refractivity contribution in [2.24, 2.45) is 0 Å². The summed E-state index contributed by atoms with van der Waals surface area (Å²) in [5.41, 5.74) is 3.74. The lowest BCUT2D eigenvalue weighted by atomic mass is 9.95. The van der Waals surface area contributed by atoms with Gasteiger partial charge in [0.05, 0.1) is 10.7 Å². The van der Waals surface area contributed by atoms with Crippen LogP contribution in [0.25, 0.3) is 0 Å². The number of hydrogen-bond acceptors (Lipinski definition) is 5. The largest absolute Gasteiger partial charge is 0.508 e. The monoisotopic (exact) mass is 621 g/mol. The van der Waals surface area contributed by atoms with Gasteiger partial charge in [0.2, 0.25) is 5.91 Å². The summed E-state index contributed by atoms with van der Waals surface area (Å²) in [6, 6.07) is 15.5. The van der Waals surface area contributed by atoms with E-state index in [0.717, 1.165) is 23.1 Å². The molecule has 0 aliphatic carbocycles. The van der Waals surface area contributed by atoms with E-state index >= 15 is 0 Å². The fraction of sp³-hybridized carbons (Fsp3) is 0.400. The average molecular weight is 622 g/mol. The maximum absolute atomic E-state index is 14.6. The fourth-order valence-corrected chi connectivity index (χ4v) is 5.25. The van der Waals surface area contributed by atoms with Crippen LogP contribution in [-0.2, 0) is 20.7 Å². The van der Waals surface area contributed by atoms with Gasteiger partial charge in [-0.05, 0) is 88.4 Å². The predicted octanol–water partition coefficient (Wildman–Crippen LogP) is 7.42. The minimum absolute atomic E-state index is 0.0859. The van der Waals surface area contributed by atoms with Crippen LogP contribution in [-0.4, -0.2) is 46.1 Å². The number of halogens is 1. The second-order valence-corrected chi connectivity index (χ2v) is 12.5. The second kappa shape index (κ2) is 15.1. The van der Waals surface area contributed by atoms with Crippen molar-refractivity contribution in [3.05, 3.63) is 93.5 Å². The van der Waals surface area contributed by atoms with E-state index in [1.165, 1.54) is 12.1 Å². The molecule has 0 spiro atoms. The molecule has 0 saturated carbocycles. The van der Waals surface area contributed by atoms with Gasteiger partial charge >= 0.3 is 6.09 Å². The summed E-state index contributed by atoms with van der Waals surface area (Å²) in [7, 11) is 0. The Morgan fingerprint density at radius 1 is 0.977 bits per heavy atom. The smallest absolute Gasteiger partial charge is 0.408 e. The van der Waals surface area contributed by atoms with Crippen molar-refractivity contribution in [3.8, 4) is 5.75 Å². The molecule has 3 N–H and O–H groups in total. The number of rotatable bonds is 11. The van der Waals surface area contributed by atoms with Crippen LogP contribution in [0.4, 0.5) is 10.5 Å². The number of phenolic OH excluding ortho intramolecular Hbond substituents is 1. The molecular weight excluding hydrogens is 578 g/mol. The van der Waals surface area contributed by atoms with E-state index in [2.05, 4.69) is 10.6 Å². The lowest BCUT2D eigenvalue weighted by Gasteiger charge is -2.35. The van der Waals surface area contributed by atoms with E-state index in [4.69, 9.17) is 16.3 Å². The van der Waals surface area contributed by atoms with Crippen molar-refractivity contribution in [3.63, 3.8) is 0 Å². The molecule has 2 unspecified atom stereocenters. The Hall–Kier alpha value is -4.04. The first-order chi connectivity index (χ1) is 20.7. The number of ether oxygens (including phenoxy) is 1. The molecule has 0 aliphatic rings. The number of alkyl carbamates (subject to hydrolysis) is 1. The number of amides is 3. The summed E-state index contributed by atoms with van der Waals surface area (Å²) in [4.78, 5) is 43.4. The Labute approximate surface area is 265 Å². The molecule has 0 saturated heterocycles. The number of para-hydroxylation sites is 1. The molecule has 3 rings (SSSR count). The van der Waals surface area contributed by atoms with Gasteiger partial charge in [-0.1, -0.05) is 73.0 Å². The van der Waals surface area contributed by atoms with Crippen LogP contribution in [0.15, 0.2) is 60.7 Å². The summed E-state index contributed by atoms with van der Waals surface area (Å²) in [5.74, 6) is -0.769. The molecular formula is C35H44ClN3O5. The number of unbranched alkanes of at least 4 members (excludes halogenated alkanes) is 1. The zero-order valence-corrected chi connectivity index (χ0v) is 27.4. The molecule has 3 aromatic rings. The third-order valence-electron chi connectivity index (χ3n) is 7.15. The van der Waals surface area contributed by atoms with Crippen LogP contribution in [0, 0.1) is 20.8 Å². The molecule has 236 valence electrons. The van der Waals surface area contributed by atoms with E-state index < -0.39 is 35.6 Å². The van der Waals surface area contributed by atoms with Gasteiger partial charge < -0.3 is 25.4 Å². The first-order valence-corrected chi connectivity index (χ1v) is 15.3. The van der Waals surface area contributed by atoms with Gasteiger partial charge in [0.25, 0.3) is 5.91 Å². The molecule has 3 aromatic carbocycles. The van der Waals surface area contributed by atoms with Crippen molar-refractivity contribution in [2.75, 3.05) is 11.9 Å². The molecule has 0 aliphatic heterocycles. The van der Waals surface area contributed by atoms with Crippen LogP contribution < -0.4 is 10.6 Å². The molecule has 0 fully saturated rings. The first kappa shape index (κ1) is 34.5. The van der Waals surface area contributed by atoms with Gasteiger partial charge in [0.1, 0.15) is 23.4 Å². The molecule has 44 heavy (non-hydrogen) atoms. The Bertz CT molecular complexity index is 1450. The Morgan fingerprint density at radius 2 is 1.66 bits per heavy atom. The number of aryl methyl sites for hydroxylation is 3. The van der Waals surface area contributed by atoms with Gasteiger partial charge in [0.15, 0.2) is 0 Å². The number of carbonyl (C=O) groups excluding carboxylic acids is 3. The highest BCUT2D eigenvalue weighted by molar-refractivity contribution is 6.34. The van der Waals surface area contributed by atoms with Gasteiger partial charge in [-0.2, -0.15) is 0 Å². The van der Waals surface area contributed by atoms with E-state index in [1.54, 1.807) is 43.9 Å². The highest BCUT2D eigenvalue weighted by atomic mass is 35.5. The van der Waals surface area contributed by atoms with Crippen LogP contribution >= 0.6 is 11.6 Å². The topological polar surface area (TPSA) is 108 Å². The molecule has 8 nitrogen and oxygen atoms in total. The third-order valence-corrected chi connectivity index (χ3v) is 7.47. The normalized spacial score (nSPS) is 12.6. The zero-order valence-electron chi connectivity index (χ0n) is 26.7. The number of hydrogen-bond donors (Lipinski definition) is 3. The number of aromatic hydroxyl groups is 1. The summed E-state index contributed by atoms with van der Waals surface area (Å²) >= 11 is 6.49. The number of anilines is 1. The van der Waals surface area contributed by atoms with Gasteiger partial charge in [-0.15, -0.1) is 0 Å². The average Bonchev–Trinajstić information content (AvgIpc) is 2.93. The first-order valence-electron chi connectivity index (χ1n) is 14.9. The van der Waals surface area contributed by atoms with Crippen molar-refractivity contribution in [1.82, 2.24) is 10.2 Å². The molecule has 0 bridgehead atoms. The van der Waals surface area contributed by atoms with Gasteiger partial charge in [-0.3, -0.25) is 9.59 Å². The highest BCUT2D eigenvalue weighted by Crippen LogP contribution is 2.31. The van der Waals surface area contributed by atoms with Crippen molar-refractivity contribution < 1.29 is 24.2 Å². The van der Waals surface area contributed by atoms with E-state index in [9.17, 15) is 19.5 Å². The quantitative estimate of drug-likeness (QED) is 0.207. The lowest BCUT2D eigenvalue weighted by Crippen LogP contribution is -2.53. The van der Waals surface area contributed by atoms with E-state index in [1.807, 2.05) is 58.0 Å². The minimum Gasteiger partial charge on any atom is -0.508 e. The Kier molecular flexibility index (Phi) is 11.8. The molecule has 3 amide bonds. The minimum atomic E-state index is -1.06. The molecule has 0 radical (unpaired) electrons. The van der Waals surface area contributed by atoms with Crippen LogP contribution in [0.3, 0.4) is 0 Å². The molecule has 2 atom stereocenters. The maximum atomic E-state index is 14.6. The summed E-state index contributed by atoms with van der Waals surface area (Å²) in [6.07, 6.45) is 0.774. The van der Waals surface area contributed by atoms with Gasteiger partial charge in [-0.25, -0.2) is 4.79 Å². The molecule has 9 heteroatoms. The van der Waals surface area contributed by atoms with Crippen molar-refractivity contribution in [1.29, 1.82) is 0 Å². The predicted molar refractivity (Wildman–Crippen MR) is 175 cm³/mol. The van der Waals surface area contributed by atoms with E-state index in [0.29, 0.717) is 28.3 Å². The van der Waals surface area contributed by atoms with Crippen molar-refractivity contribution >= 4 is 35.2 Å². The third kappa shape index (κ3) is 9.48. The SMILES string of the molecule is CCCCN(C(=O)C(Cc1ccc(O)cc1)NC(=O)OC(C)(C)C)C(C(=O)Nc1c(C)cccc1Cl)c1ccc(C)cc1C. The highest BCUT2D eigenvalue weighted by Gasteiger charge is 2.37. The zero-order chi connectivity index (χ0) is 32.6. The Balaban J connectivity index is 2.12. The van der Waals surface area contributed by atoms with Crippen LogP contribution in [0.2, 0.25) is 5.02 Å². The number of carbonyl (C=O) groups is 3. The van der Waals surface area contributed by atoms with E-state index in [-0.39, 0.29) is 18.7 Å². The molecule has 0 aromatic heterocycles. The number of nitrogens with one attached hydrogen (secondary N) is 2. The number of benzene rings is 3. The summed E-state index contributed by atoms with van der Waals surface area (Å²) in [6.45, 7) is 13.2. The summed E-state index contributed by atoms with van der Waals surface area (Å²) in [5, 5.41) is 16.0. The van der Waals surface area contributed by atoms with Gasteiger partial charge in [0, 0.05) is 13.0 Å². The Morgan fingerprint density at radius 3 is 2.25 bits per heavy atom. The van der Waals surface area contributed by atoms with Crippen LogP contribution in [0.1, 0.15) is 74.4 Å². The lowest BCUT2D eigenvalue weighted by molar-refractivity contribution is -0.140. The summed E-state index contributed by atoms with van der Waals surface area (Å²) < 4.78 is 5.51. The number of nitrogens with zero attached hydrogens (tertiary/aromatic N) is 1. The van der Waals surface area contributed by atoms with Crippen molar-refractivity contribution in [2.45, 2.75) is 85.4 Å². The maximum Gasteiger partial charge on any atom is 0.408 e. The standard InChI is InChI=1S/C35H44ClN3O5/c1-8-9-19-39(33(42)29(37-34(43)44-35(5,6)7)21-25-14-16-26(40)17-15-25)31(27-18-13-22(2)20-24(27)4)32(41)38-30-23(3)11-10-12-28(30)36/h10-18,20,29,31,40H,8-9,19,21H2,1-7H3,(H,37,43)(H,38,41). The molecule has 0 heterocycles.